The predicted octanol–water partition coefficient (Wildman–Crippen LogP) is 1.13. The summed E-state index contributed by atoms with van der Waals surface area (Å²) in [5.74, 6) is 0. The van der Waals surface area contributed by atoms with E-state index in [2.05, 4.69) is 12.2 Å². The van der Waals surface area contributed by atoms with Crippen LogP contribution in [0.4, 0.5) is 0 Å². The standard InChI is InChI=1S/C6H15N.C4H9NO/c1-2-3-4-5-6-7;1-3-6-4-2-5-1/h2-7H2,1H3;5H,1-4H2. The topological polar surface area (TPSA) is 47.3 Å². The van der Waals surface area contributed by atoms with Crippen LogP contribution in [0, 0.1) is 0 Å². The number of unbranched alkanes of at least 4 members (excludes halogenated alkanes) is 3. The Hall–Kier alpha value is -0.120. The van der Waals surface area contributed by atoms with Crippen LogP contribution in [0.15, 0.2) is 0 Å². The first kappa shape index (κ1) is 12.9. The summed E-state index contributed by atoms with van der Waals surface area (Å²) in [5.41, 5.74) is 5.27. The van der Waals surface area contributed by atoms with E-state index in [0.717, 1.165) is 32.8 Å². The van der Waals surface area contributed by atoms with Crippen molar-refractivity contribution in [2.45, 2.75) is 32.6 Å². The summed E-state index contributed by atoms with van der Waals surface area (Å²) in [6.45, 7) is 6.90. The van der Waals surface area contributed by atoms with Crippen molar-refractivity contribution in [2.75, 3.05) is 32.8 Å². The van der Waals surface area contributed by atoms with Gasteiger partial charge >= 0.3 is 0 Å². The largest absolute Gasteiger partial charge is 0.379 e. The van der Waals surface area contributed by atoms with Crippen molar-refractivity contribution >= 4 is 0 Å². The molecule has 0 aliphatic carbocycles. The van der Waals surface area contributed by atoms with Gasteiger partial charge in [-0.3, -0.25) is 0 Å². The van der Waals surface area contributed by atoms with Crippen LogP contribution in [0.25, 0.3) is 0 Å². The minimum Gasteiger partial charge on any atom is -0.379 e. The molecular formula is C10H24N2O. The Labute approximate surface area is 82.0 Å². The van der Waals surface area contributed by atoms with Gasteiger partial charge in [0.25, 0.3) is 0 Å². The van der Waals surface area contributed by atoms with Gasteiger partial charge in [-0.05, 0) is 13.0 Å². The minimum atomic E-state index is 0.861. The van der Waals surface area contributed by atoms with E-state index in [1.165, 1.54) is 25.7 Å². The number of hydrogen-bond acceptors (Lipinski definition) is 3. The molecule has 1 aliphatic rings. The first-order valence-electron chi connectivity index (χ1n) is 5.40. The second-order valence-electron chi connectivity index (χ2n) is 3.21. The van der Waals surface area contributed by atoms with Gasteiger partial charge < -0.3 is 15.8 Å². The van der Waals surface area contributed by atoms with Crippen LogP contribution >= 0.6 is 0 Å². The van der Waals surface area contributed by atoms with Crippen molar-refractivity contribution in [2.24, 2.45) is 5.73 Å². The molecule has 0 atom stereocenters. The minimum absolute atomic E-state index is 0.861. The van der Waals surface area contributed by atoms with Crippen molar-refractivity contribution in [3.63, 3.8) is 0 Å². The maximum Gasteiger partial charge on any atom is 0.0591 e. The molecule has 13 heavy (non-hydrogen) atoms. The summed E-state index contributed by atoms with van der Waals surface area (Å²) in [5, 5.41) is 3.16. The van der Waals surface area contributed by atoms with Gasteiger partial charge in [0.2, 0.25) is 0 Å². The molecule has 1 heterocycles. The Morgan fingerprint density at radius 3 is 2.15 bits per heavy atom. The normalized spacial score (nSPS) is 16.2. The van der Waals surface area contributed by atoms with E-state index in [0.29, 0.717) is 0 Å². The van der Waals surface area contributed by atoms with Gasteiger partial charge in [-0.1, -0.05) is 26.2 Å². The van der Waals surface area contributed by atoms with E-state index >= 15 is 0 Å². The Morgan fingerprint density at radius 1 is 1.15 bits per heavy atom. The molecule has 0 bridgehead atoms. The van der Waals surface area contributed by atoms with Crippen molar-refractivity contribution in [1.29, 1.82) is 0 Å². The number of morpholine rings is 1. The smallest absolute Gasteiger partial charge is 0.0591 e. The van der Waals surface area contributed by atoms with Crippen LogP contribution in [0.5, 0.6) is 0 Å². The van der Waals surface area contributed by atoms with Crippen LogP contribution in [0.3, 0.4) is 0 Å². The van der Waals surface area contributed by atoms with Gasteiger partial charge in [0, 0.05) is 13.1 Å². The summed E-state index contributed by atoms with van der Waals surface area (Å²) in [4.78, 5) is 0. The van der Waals surface area contributed by atoms with Crippen LogP contribution in [0.1, 0.15) is 32.6 Å². The molecule has 0 aromatic carbocycles. The zero-order chi connectivity index (χ0) is 9.78. The monoisotopic (exact) mass is 188 g/mol. The lowest BCUT2D eigenvalue weighted by Gasteiger charge is -2.10. The fourth-order valence-electron chi connectivity index (χ4n) is 1.09. The summed E-state index contributed by atoms with van der Waals surface area (Å²) >= 11 is 0. The van der Waals surface area contributed by atoms with Crippen molar-refractivity contribution in [3.05, 3.63) is 0 Å². The Kier molecular flexibility index (Phi) is 11.8. The first-order chi connectivity index (χ1) is 6.41. The van der Waals surface area contributed by atoms with Crippen LogP contribution < -0.4 is 11.1 Å². The maximum atomic E-state index is 5.27. The van der Waals surface area contributed by atoms with E-state index in [1.54, 1.807) is 0 Å². The molecule has 1 rings (SSSR count). The average molecular weight is 188 g/mol. The fourth-order valence-corrected chi connectivity index (χ4v) is 1.09. The van der Waals surface area contributed by atoms with Gasteiger partial charge in [-0.2, -0.15) is 0 Å². The summed E-state index contributed by atoms with van der Waals surface area (Å²) in [6, 6.07) is 0. The van der Waals surface area contributed by atoms with E-state index < -0.39 is 0 Å². The predicted molar refractivity (Wildman–Crippen MR) is 56.9 cm³/mol. The SMILES string of the molecule is C1COCCN1.CCCCCCN. The molecule has 3 N–H and O–H groups in total. The van der Waals surface area contributed by atoms with Crippen LogP contribution in [0.2, 0.25) is 0 Å². The van der Waals surface area contributed by atoms with Gasteiger partial charge in [-0.25, -0.2) is 0 Å². The summed E-state index contributed by atoms with van der Waals surface area (Å²) in [7, 11) is 0. The maximum absolute atomic E-state index is 5.27. The summed E-state index contributed by atoms with van der Waals surface area (Å²) in [6.07, 6.45) is 5.16. The third-order valence-corrected chi connectivity index (χ3v) is 1.90. The van der Waals surface area contributed by atoms with E-state index in [-0.39, 0.29) is 0 Å². The molecule has 1 aliphatic heterocycles. The number of ether oxygens (including phenoxy) is 1. The molecule has 0 spiro atoms. The molecule has 0 saturated carbocycles. The number of hydrogen-bond donors (Lipinski definition) is 2. The zero-order valence-electron chi connectivity index (χ0n) is 8.85. The molecular weight excluding hydrogens is 164 g/mol. The number of nitrogens with one attached hydrogen (secondary N) is 1. The Bertz CT molecular complexity index is 69.5. The molecule has 1 saturated heterocycles. The molecule has 0 unspecified atom stereocenters. The molecule has 80 valence electrons. The third-order valence-electron chi connectivity index (χ3n) is 1.90. The lowest BCUT2D eigenvalue weighted by atomic mass is 10.2. The molecule has 1 fully saturated rings. The van der Waals surface area contributed by atoms with Gasteiger partial charge in [-0.15, -0.1) is 0 Å². The second-order valence-corrected chi connectivity index (χ2v) is 3.21. The lowest BCUT2D eigenvalue weighted by Crippen LogP contribution is -2.30. The molecule has 3 heteroatoms. The van der Waals surface area contributed by atoms with Gasteiger partial charge in [0.1, 0.15) is 0 Å². The number of rotatable bonds is 4. The average Bonchev–Trinajstić information content (AvgIpc) is 2.22. The van der Waals surface area contributed by atoms with E-state index in [9.17, 15) is 0 Å². The van der Waals surface area contributed by atoms with Crippen molar-refractivity contribution in [1.82, 2.24) is 5.32 Å². The molecule has 0 amide bonds. The highest BCUT2D eigenvalue weighted by Crippen LogP contribution is 1.95. The van der Waals surface area contributed by atoms with Gasteiger partial charge in [0.15, 0.2) is 0 Å². The first-order valence-corrected chi connectivity index (χ1v) is 5.40. The highest BCUT2D eigenvalue weighted by atomic mass is 16.5. The quantitative estimate of drug-likeness (QED) is 0.650. The fraction of sp³-hybridized carbons (Fsp3) is 1.00. The highest BCUT2D eigenvalue weighted by Gasteiger charge is 1.92. The Balaban J connectivity index is 0.000000223. The van der Waals surface area contributed by atoms with E-state index in [4.69, 9.17) is 10.5 Å². The second kappa shape index (κ2) is 11.9. The van der Waals surface area contributed by atoms with Crippen molar-refractivity contribution < 1.29 is 4.74 Å². The third kappa shape index (κ3) is 11.9. The van der Waals surface area contributed by atoms with Crippen LogP contribution in [-0.2, 0) is 4.74 Å². The van der Waals surface area contributed by atoms with Gasteiger partial charge in [0.05, 0.1) is 13.2 Å². The van der Waals surface area contributed by atoms with Crippen molar-refractivity contribution in [3.8, 4) is 0 Å². The Morgan fingerprint density at radius 2 is 1.85 bits per heavy atom. The van der Waals surface area contributed by atoms with Crippen LogP contribution in [-0.4, -0.2) is 32.8 Å². The zero-order valence-corrected chi connectivity index (χ0v) is 8.85. The molecule has 0 radical (unpaired) electrons. The molecule has 0 aromatic heterocycles. The lowest BCUT2D eigenvalue weighted by molar-refractivity contribution is 0.109. The molecule has 0 aromatic rings. The number of nitrogens with two attached hydrogens (primary N) is 1. The van der Waals surface area contributed by atoms with E-state index in [1.807, 2.05) is 0 Å². The summed E-state index contributed by atoms with van der Waals surface area (Å²) < 4.78 is 5.01. The highest BCUT2D eigenvalue weighted by molar-refractivity contribution is 4.49. The molecule has 3 nitrogen and oxygen atoms in total.